The van der Waals surface area contributed by atoms with E-state index in [2.05, 4.69) is 15.3 Å². The van der Waals surface area contributed by atoms with E-state index in [1.165, 1.54) is 4.90 Å². The molecule has 2 aliphatic rings. The summed E-state index contributed by atoms with van der Waals surface area (Å²) in [6.45, 7) is 5.64. The van der Waals surface area contributed by atoms with Gasteiger partial charge in [-0.25, -0.2) is 14.8 Å². The van der Waals surface area contributed by atoms with Gasteiger partial charge >= 0.3 is 12.1 Å². The molecular formula is C27H33F3N4O3. The van der Waals surface area contributed by atoms with E-state index in [1.807, 2.05) is 39.0 Å². The van der Waals surface area contributed by atoms with Crippen LogP contribution in [0.3, 0.4) is 0 Å². The number of carboxylic acids is 1. The summed E-state index contributed by atoms with van der Waals surface area (Å²) in [7, 11) is 0. The molecule has 1 aliphatic carbocycles. The van der Waals surface area contributed by atoms with Crippen LogP contribution in [0.4, 0.5) is 19.1 Å². The number of alkyl halides is 3. The fraction of sp³-hybridized carbons (Fsp3) is 0.556. The molecule has 37 heavy (non-hydrogen) atoms. The molecule has 0 bridgehead atoms. The van der Waals surface area contributed by atoms with E-state index >= 15 is 0 Å². The Kier molecular flexibility index (Phi) is 7.48. The minimum Gasteiger partial charge on any atom is -0.480 e. The first-order valence-electron chi connectivity index (χ1n) is 12.7. The zero-order chi connectivity index (χ0) is 27.0. The first kappa shape index (κ1) is 26.9. The van der Waals surface area contributed by atoms with E-state index in [1.54, 1.807) is 12.1 Å². The molecule has 0 radical (unpaired) electrons. The van der Waals surface area contributed by atoms with Crippen molar-refractivity contribution in [2.24, 2.45) is 17.3 Å². The van der Waals surface area contributed by atoms with Gasteiger partial charge in [0.1, 0.15) is 11.7 Å². The minimum absolute atomic E-state index is 0.218. The largest absolute Gasteiger partial charge is 0.480 e. The number of aliphatic carboxylic acids is 1. The van der Waals surface area contributed by atoms with Crippen molar-refractivity contribution in [2.75, 3.05) is 5.32 Å². The Morgan fingerprint density at radius 1 is 1.03 bits per heavy atom. The van der Waals surface area contributed by atoms with Crippen LogP contribution in [0, 0.1) is 17.3 Å². The molecule has 2 fully saturated rings. The van der Waals surface area contributed by atoms with Crippen LogP contribution in [-0.2, 0) is 15.8 Å². The number of amides is 1. The lowest BCUT2D eigenvalue weighted by atomic mass is 9.72. The average molecular weight is 519 g/mol. The summed E-state index contributed by atoms with van der Waals surface area (Å²) in [5, 5.41) is 13.5. The SMILES string of the molecule is CC(C)(C)C1C(Nc2nccc(C(F)(F)F)n2)C(c2ccccc2)N(C(=O)C2CCCCC2)C1C(=O)O. The number of anilines is 1. The van der Waals surface area contributed by atoms with E-state index in [0.717, 1.165) is 31.5 Å². The average Bonchev–Trinajstić information content (AvgIpc) is 3.20. The number of aromatic nitrogens is 2. The number of carbonyl (C=O) groups is 2. The fourth-order valence-electron chi connectivity index (χ4n) is 5.95. The van der Waals surface area contributed by atoms with Crippen LogP contribution in [0.15, 0.2) is 42.6 Å². The number of carbonyl (C=O) groups excluding carboxylic acids is 1. The lowest BCUT2D eigenvalue weighted by Gasteiger charge is -2.35. The van der Waals surface area contributed by atoms with E-state index < -0.39 is 47.3 Å². The molecule has 1 aromatic carbocycles. The van der Waals surface area contributed by atoms with Crippen molar-refractivity contribution < 1.29 is 27.9 Å². The number of carboxylic acid groups (broad SMARTS) is 1. The summed E-state index contributed by atoms with van der Waals surface area (Å²) >= 11 is 0. The number of hydrogen-bond acceptors (Lipinski definition) is 5. The maximum Gasteiger partial charge on any atom is 0.433 e. The summed E-state index contributed by atoms with van der Waals surface area (Å²) in [6, 6.07) is 7.18. The topological polar surface area (TPSA) is 95.4 Å². The number of halogens is 3. The molecule has 4 atom stereocenters. The highest BCUT2D eigenvalue weighted by Crippen LogP contribution is 2.50. The molecular weight excluding hydrogens is 485 g/mol. The lowest BCUT2D eigenvalue weighted by molar-refractivity contribution is -0.154. The van der Waals surface area contributed by atoms with Gasteiger partial charge in [0.2, 0.25) is 11.9 Å². The van der Waals surface area contributed by atoms with Gasteiger partial charge in [-0.05, 0) is 29.9 Å². The maximum absolute atomic E-state index is 14.0. The van der Waals surface area contributed by atoms with Gasteiger partial charge in [0, 0.05) is 18.0 Å². The van der Waals surface area contributed by atoms with Gasteiger partial charge in [-0.15, -0.1) is 0 Å². The van der Waals surface area contributed by atoms with Crippen molar-refractivity contribution in [3.63, 3.8) is 0 Å². The first-order chi connectivity index (χ1) is 17.4. The number of hydrogen-bond donors (Lipinski definition) is 2. The second kappa shape index (κ2) is 10.3. The van der Waals surface area contributed by atoms with Gasteiger partial charge in [-0.3, -0.25) is 4.79 Å². The molecule has 4 unspecified atom stereocenters. The lowest BCUT2D eigenvalue weighted by Crippen LogP contribution is -2.49. The van der Waals surface area contributed by atoms with Crippen LogP contribution in [0.1, 0.15) is 70.2 Å². The van der Waals surface area contributed by atoms with Gasteiger partial charge < -0.3 is 15.3 Å². The van der Waals surface area contributed by atoms with Crippen molar-refractivity contribution in [3.05, 3.63) is 53.9 Å². The smallest absolute Gasteiger partial charge is 0.433 e. The molecule has 1 aromatic heterocycles. The Morgan fingerprint density at radius 2 is 1.68 bits per heavy atom. The highest BCUT2D eigenvalue weighted by Gasteiger charge is 2.59. The third kappa shape index (κ3) is 5.57. The number of nitrogens with zero attached hydrogens (tertiary/aromatic N) is 3. The molecule has 1 saturated heterocycles. The van der Waals surface area contributed by atoms with E-state index in [-0.39, 0.29) is 17.8 Å². The number of rotatable bonds is 5. The number of benzene rings is 1. The summed E-state index contributed by atoms with van der Waals surface area (Å²) in [4.78, 5) is 36.0. The molecule has 2 N–H and O–H groups in total. The van der Waals surface area contributed by atoms with Gasteiger partial charge in [0.05, 0.1) is 12.1 Å². The van der Waals surface area contributed by atoms with Crippen LogP contribution in [0.25, 0.3) is 0 Å². The molecule has 4 rings (SSSR count). The van der Waals surface area contributed by atoms with E-state index in [4.69, 9.17) is 0 Å². The quantitative estimate of drug-likeness (QED) is 0.539. The fourth-order valence-corrected chi connectivity index (χ4v) is 5.95. The maximum atomic E-state index is 14.0. The monoisotopic (exact) mass is 518 g/mol. The Labute approximate surface area is 214 Å². The predicted octanol–water partition coefficient (Wildman–Crippen LogP) is 5.56. The second-order valence-corrected chi connectivity index (χ2v) is 11.0. The van der Waals surface area contributed by atoms with Gasteiger partial charge in [-0.1, -0.05) is 70.4 Å². The summed E-state index contributed by atoms with van der Waals surface area (Å²) in [5.41, 5.74) is -1.03. The normalized spacial score (nSPS) is 25.2. The van der Waals surface area contributed by atoms with Crippen LogP contribution < -0.4 is 5.32 Å². The molecule has 1 aliphatic heterocycles. The zero-order valence-electron chi connectivity index (χ0n) is 21.2. The van der Waals surface area contributed by atoms with Crippen LogP contribution >= 0.6 is 0 Å². The Bertz CT molecular complexity index is 1110. The van der Waals surface area contributed by atoms with E-state index in [9.17, 15) is 27.9 Å². The van der Waals surface area contributed by atoms with E-state index in [0.29, 0.717) is 18.4 Å². The molecule has 10 heteroatoms. The van der Waals surface area contributed by atoms with Crippen molar-refractivity contribution in [3.8, 4) is 0 Å². The summed E-state index contributed by atoms with van der Waals surface area (Å²) in [6.07, 6.45) is 0.591. The van der Waals surface area contributed by atoms with Gasteiger partial charge in [-0.2, -0.15) is 13.2 Å². The van der Waals surface area contributed by atoms with Crippen LogP contribution in [-0.4, -0.2) is 43.9 Å². The summed E-state index contributed by atoms with van der Waals surface area (Å²) in [5.74, 6) is -2.55. The molecule has 2 aromatic rings. The molecule has 2 heterocycles. The van der Waals surface area contributed by atoms with Crippen LogP contribution in [0.5, 0.6) is 0 Å². The first-order valence-corrected chi connectivity index (χ1v) is 12.7. The Balaban J connectivity index is 1.86. The highest BCUT2D eigenvalue weighted by molar-refractivity contribution is 5.87. The van der Waals surface area contributed by atoms with Crippen molar-refractivity contribution in [1.29, 1.82) is 0 Å². The van der Waals surface area contributed by atoms with Crippen molar-refractivity contribution in [2.45, 2.75) is 77.2 Å². The summed E-state index contributed by atoms with van der Waals surface area (Å²) < 4.78 is 40.1. The molecule has 1 saturated carbocycles. The number of likely N-dealkylation sites (tertiary alicyclic amines) is 1. The van der Waals surface area contributed by atoms with Gasteiger partial charge in [0.15, 0.2) is 0 Å². The zero-order valence-corrected chi connectivity index (χ0v) is 21.2. The highest BCUT2D eigenvalue weighted by atomic mass is 19.4. The Morgan fingerprint density at radius 3 is 2.24 bits per heavy atom. The molecule has 200 valence electrons. The molecule has 7 nitrogen and oxygen atoms in total. The minimum atomic E-state index is -4.66. The number of nitrogens with one attached hydrogen (secondary N) is 1. The second-order valence-electron chi connectivity index (χ2n) is 11.0. The van der Waals surface area contributed by atoms with Gasteiger partial charge in [0.25, 0.3) is 0 Å². The third-order valence-corrected chi connectivity index (χ3v) is 7.51. The standard InChI is InChI=1S/C27H33F3N4O3/c1-26(2,3)19-20(33-25-31-15-14-18(32-25)27(28,29)30)21(16-10-6-4-7-11-16)34(22(19)24(36)37)23(35)17-12-8-5-9-13-17/h4,6-7,10-11,14-15,17,19-22H,5,8-9,12-13H2,1-3H3,(H,36,37)(H,31,32,33). The molecule has 0 spiro atoms. The van der Waals surface area contributed by atoms with Crippen LogP contribution in [0.2, 0.25) is 0 Å². The predicted molar refractivity (Wildman–Crippen MR) is 131 cm³/mol. The Hall–Kier alpha value is -3.17. The van der Waals surface area contributed by atoms with Crippen molar-refractivity contribution >= 4 is 17.8 Å². The third-order valence-electron chi connectivity index (χ3n) is 7.51. The van der Waals surface area contributed by atoms with Crippen molar-refractivity contribution in [1.82, 2.24) is 14.9 Å². The molecule has 1 amide bonds.